The van der Waals surface area contributed by atoms with Gasteiger partial charge in [0.25, 0.3) is 0 Å². The van der Waals surface area contributed by atoms with Gasteiger partial charge in [-0.2, -0.15) is 0 Å². The minimum Gasteiger partial charge on any atom is -0.465 e. The molecule has 2 aliphatic carbocycles. The first kappa shape index (κ1) is 14.8. The predicted molar refractivity (Wildman–Crippen MR) is 76.2 cm³/mol. The van der Waals surface area contributed by atoms with Gasteiger partial charge in [0.15, 0.2) is 0 Å². The highest BCUT2D eigenvalue weighted by molar-refractivity contribution is 5.79. The largest absolute Gasteiger partial charge is 0.465 e. The highest BCUT2D eigenvalue weighted by Crippen LogP contribution is 2.59. The summed E-state index contributed by atoms with van der Waals surface area (Å²) in [7, 11) is 0. The van der Waals surface area contributed by atoms with Gasteiger partial charge in [0.2, 0.25) is 5.91 Å². The average molecular weight is 295 g/mol. The van der Waals surface area contributed by atoms with Crippen LogP contribution in [0.3, 0.4) is 0 Å². The van der Waals surface area contributed by atoms with E-state index in [1.807, 2.05) is 0 Å². The fourth-order valence-corrected chi connectivity index (χ4v) is 4.01. The Kier molecular flexibility index (Phi) is 3.95. The molecule has 3 aliphatic rings. The molecule has 1 aliphatic heterocycles. The molecular weight excluding hydrogens is 270 g/mol. The number of carbonyl (C=O) groups excluding carboxylic acids is 2. The second-order valence-electron chi connectivity index (χ2n) is 7.40. The second kappa shape index (κ2) is 5.59. The zero-order valence-electron chi connectivity index (χ0n) is 12.7. The fourth-order valence-electron chi connectivity index (χ4n) is 4.01. The van der Waals surface area contributed by atoms with Gasteiger partial charge < -0.3 is 15.2 Å². The molecule has 0 spiro atoms. The zero-order chi connectivity index (χ0) is 15.0. The smallest absolute Gasteiger partial charge is 0.305 e. The SMILES string of the molecule is CC1(COC(=O)CC[C@@H]2CC[C@H](C(N)=O)O2)CC2CC2C1. The summed E-state index contributed by atoms with van der Waals surface area (Å²) in [6.07, 6.45) is 5.71. The van der Waals surface area contributed by atoms with Crippen molar-refractivity contribution in [2.45, 2.75) is 64.1 Å². The number of primary amides is 1. The van der Waals surface area contributed by atoms with Gasteiger partial charge in [-0.1, -0.05) is 6.92 Å². The number of nitrogens with two attached hydrogens (primary N) is 1. The monoisotopic (exact) mass is 295 g/mol. The van der Waals surface area contributed by atoms with E-state index < -0.39 is 12.0 Å². The lowest BCUT2D eigenvalue weighted by Crippen LogP contribution is -2.28. The van der Waals surface area contributed by atoms with E-state index in [0.29, 0.717) is 25.9 Å². The van der Waals surface area contributed by atoms with Crippen LogP contribution < -0.4 is 5.73 Å². The Bertz CT molecular complexity index is 426. The Balaban J connectivity index is 1.33. The lowest BCUT2D eigenvalue weighted by atomic mass is 9.86. The highest BCUT2D eigenvalue weighted by Gasteiger charge is 2.51. The van der Waals surface area contributed by atoms with Crippen LogP contribution >= 0.6 is 0 Å². The highest BCUT2D eigenvalue weighted by atomic mass is 16.5. The van der Waals surface area contributed by atoms with Crippen molar-refractivity contribution in [2.75, 3.05) is 6.61 Å². The molecule has 1 heterocycles. The van der Waals surface area contributed by atoms with Crippen molar-refractivity contribution in [3.8, 4) is 0 Å². The Morgan fingerprint density at radius 2 is 2.00 bits per heavy atom. The lowest BCUT2D eigenvalue weighted by molar-refractivity contribution is -0.148. The molecule has 5 nitrogen and oxygen atoms in total. The number of hydrogen-bond donors (Lipinski definition) is 1. The molecule has 21 heavy (non-hydrogen) atoms. The van der Waals surface area contributed by atoms with E-state index in [0.717, 1.165) is 18.3 Å². The van der Waals surface area contributed by atoms with Crippen LogP contribution in [0.2, 0.25) is 0 Å². The lowest BCUT2D eigenvalue weighted by Gasteiger charge is -2.25. The molecule has 0 aromatic heterocycles. The van der Waals surface area contributed by atoms with Crippen molar-refractivity contribution in [1.82, 2.24) is 0 Å². The van der Waals surface area contributed by atoms with Crippen LogP contribution in [0.5, 0.6) is 0 Å². The number of fused-ring (bicyclic) bond motifs is 1. The number of rotatable bonds is 6. The first-order valence-electron chi connectivity index (χ1n) is 8.06. The summed E-state index contributed by atoms with van der Waals surface area (Å²) >= 11 is 0. The summed E-state index contributed by atoms with van der Waals surface area (Å²) < 4.78 is 11.0. The van der Waals surface area contributed by atoms with E-state index >= 15 is 0 Å². The van der Waals surface area contributed by atoms with Crippen LogP contribution in [0.25, 0.3) is 0 Å². The quantitative estimate of drug-likeness (QED) is 0.758. The number of amides is 1. The van der Waals surface area contributed by atoms with Crippen LogP contribution in [0.15, 0.2) is 0 Å². The van der Waals surface area contributed by atoms with Gasteiger partial charge in [-0.3, -0.25) is 9.59 Å². The molecule has 3 rings (SSSR count). The molecule has 5 heteroatoms. The summed E-state index contributed by atoms with van der Waals surface area (Å²) in [5, 5.41) is 0. The first-order chi connectivity index (χ1) is 9.95. The molecule has 1 saturated heterocycles. The van der Waals surface area contributed by atoms with E-state index in [-0.39, 0.29) is 17.5 Å². The molecule has 3 fully saturated rings. The predicted octanol–water partition coefficient (Wildman–Crippen LogP) is 1.78. The number of esters is 1. The Labute approximate surface area is 125 Å². The maximum Gasteiger partial charge on any atom is 0.305 e. The van der Waals surface area contributed by atoms with E-state index in [2.05, 4.69) is 6.92 Å². The molecule has 2 N–H and O–H groups in total. The third-order valence-corrected chi connectivity index (χ3v) is 5.26. The topological polar surface area (TPSA) is 78.6 Å². The summed E-state index contributed by atoms with van der Waals surface area (Å²) in [5.74, 6) is 1.23. The summed E-state index contributed by atoms with van der Waals surface area (Å²) in [5.41, 5.74) is 5.41. The molecule has 1 amide bonds. The zero-order valence-corrected chi connectivity index (χ0v) is 12.7. The molecule has 0 radical (unpaired) electrons. The Morgan fingerprint density at radius 1 is 1.29 bits per heavy atom. The van der Waals surface area contributed by atoms with Crippen LogP contribution in [0, 0.1) is 17.3 Å². The van der Waals surface area contributed by atoms with Gasteiger partial charge in [0.05, 0.1) is 12.7 Å². The summed E-state index contributed by atoms with van der Waals surface area (Å²) in [6, 6.07) is 0. The molecule has 4 atom stereocenters. The van der Waals surface area contributed by atoms with Gasteiger partial charge in [-0.05, 0) is 50.4 Å². The molecule has 0 bridgehead atoms. The molecule has 2 saturated carbocycles. The summed E-state index contributed by atoms with van der Waals surface area (Å²) in [4.78, 5) is 22.8. The third-order valence-electron chi connectivity index (χ3n) is 5.26. The molecular formula is C16H25NO4. The van der Waals surface area contributed by atoms with Crippen molar-refractivity contribution in [3.63, 3.8) is 0 Å². The van der Waals surface area contributed by atoms with Gasteiger partial charge in [-0.25, -0.2) is 0 Å². The number of carbonyl (C=O) groups is 2. The minimum absolute atomic E-state index is 0.0373. The van der Waals surface area contributed by atoms with Crippen LogP contribution in [0.1, 0.15) is 51.9 Å². The molecule has 0 aromatic rings. The average Bonchev–Trinajstić information content (AvgIpc) is 2.89. The maximum absolute atomic E-state index is 11.8. The van der Waals surface area contributed by atoms with Crippen molar-refractivity contribution < 1.29 is 19.1 Å². The van der Waals surface area contributed by atoms with Crippen molar-refractivity contribution in [3.05, 3.63) is 0 Å². The normalized spacial score (nSPS) is 40.8. The van der Waals surface area contributed by atoms with Crippen LogP contribution in [-0.4, -0.2) is 30.7 Å². The van der Waals surface area contributed by atoms with Crippen molar-refractivity contribution in [1.29, 1.82) is 0 Å². The van der Waals surface area contributed by atoms with E-state index in [1.54, 1.807) is 0 Å². The van der Waals surface area contributed by atoms with Gasteiger partial charge in [0.1, 0.15) is 6.10 Å². The fraction of sp³-hybridized carbons (Fsp3) is 0.875. The third kappa shape index (κ3) is 3.57. The second-order valence-corrected chi connectivity index (χ2v) is 7.40. The van der Waals surface area contributed by atoms with Crippen molar-refractivity contribution in [2.24, 2.45) is 23.0 Å². The summed E-state index contributed by atoms with van der Waals surface area (Å²) in [6.45, 7) is 2.78. The Morgan fingerprint density at radius 3 is 2.62 bits per heavy atom. The Hall–Kier alpha value is -1.10. The van der Waals surface area contributed by atoms with Gasteiger partial charge in [0, 0.05) is 11.8 Å². The maximum atomic E-state index is 11.8. The molecule has 2 unspecified atom stereocenters. The van der Waals surface area contributed by atoms with Gasteiger partial charge >= 0.3 is 5.97 Å². The van der Waals surface area contributed by atoms with Crippen molar-refractivity contribution >= 4 is 11.9 Å². The van der Waals surface area contributed by atoms with Crippen LogP contribution in [0.4, 0.5) is 0 Å². The number of hydrogen-bond acceptors (Lipinski definition) is 4. The first-order valence-corrected chi connectivity index (χ1v) is 8.06. The van der Waals surface area contributed by atoms with E-state index in [1.165, 1.54) is 19.3 Å². The minimum atomic E-state index is -0.477. The molecule has 0 aromatic carbocycles. The van der Waals surface area contributed by atoms with Gasteiger partial charge in [-0.15, -0.1) is 0 Å². The van der Waals surface area contributed by atoms with Crippen LogP contribution in [-0.2, 0) is 19.1 Å². The van der Waals surface area contributed by atoms with E-state index in [4.69, 9.17) is 15.2 Å². The van der Waals surface area contributed by atoms with E-state index in [9.17, 15) is 9.59 Å². The molecule has 118 valence electrons. The standard InChI is InChI=1S/C16H25NO4/c1-16(7-10-6-11(10)8-16)9-20-14(18)5-3-12-2-4-13(21-12)15(17)19/h10-13H,2-9H2,1H3,(H2,17,19)/t10?,11?,12-,13+,16?/m0/s1. The number of ether oxygens (including phenoxy) is 2.